The van der Waals surface area contributed by atoms with Gasteiger partial charge in [0.1, 0.15) is 5.82 Å². The van der Waals surface area contributed by atoms with Gasteiger partial charge >= 0.3 is 0 Å². The van der Waals surface area contributed by atoms with E-state index >= 15 is 0 Å². The summed E-state index contributed by atoms with van der Waals surface area (Å²) in [6.07, 6.45) is 0. The second-order valence-electron chi connectivity index (χ2n) is 7.54. The van der Waals surface area contributed by atoms with Crippen LogP contribution >= 0.6 is 11.3 Å². The zero-order valence-corrected chi connectivity index (χ0v) is 17.2. The lowest BCUT2D eigenvalue weighted by atomic mass is 10.2. The number of amides is 2. The fourth-order valence-corrected chi connectivity index (χ4v) is 4.64. The molecule has 3 heterocycles. The predicted octanol–water partition coefficient (Wildman–Crippen LogP) is 0.577. The highest BCUT2D eigenvalue weighted by molar-refractivity contribution is 7.12. The molecule has 29 heavy (non-hydrogen) atoms. The van der Waals surface area contributed by atoms with Crippen LogP contribution in [0.15, 0.2) is 41.8 Å². The van der Waals surface area contributed by atoms with E-state index in [0.717, 1.165) is 36.7 Å². The number of piperazine rings is 2. The molecule has 8 heteroatoms. The van der Waals surface area contributed by atoms with Crippen LogP contribution in [-0.4, -0.2) is 80.5 Å². The number of benzene rings is 1. The molecule has 2 fully saturated rings. The van der Waals surface area contributed by atoms with Gasteiger partial charge in [-0.1, -0.05) is 6.07 Å². The molecule has 2 aliphatic heterocycles. The molecule has 1 aromatic carbocycles. The molecular formula is C21H26FN4O2S+. The van der Waals surface area contributed by atoms with Gasteiger partial charge in [0, 0.05) is 31.9 Å². The van der Waals surface area contributed by atoms with Crippen molar-refractivity contribution in [1.29, 1.82) is 0 Å². The van der Waals surface area contributed by atoms with Crippen LogP contribution in [-0.2, 0) is 4.79 Å². The fourth-order valence-electron chi connectivity index (χ4n) is 3.95. The SMILES string of the molecule is O=C(C[NH+]1CCN(c2ccc(F)cc2)CC1)N1CCN(C(=O)c2cccs2)CC1. The molecule has 2 aromatic rings. The van der Waals surface area contributed by atoms with Crippen LogP contribution in [0.5, 0.6) is 0 Å². The van der Waals surface area contributed by atoms with E-state index in [2.05, 4.69) is 4.90 Å². The lowest BCUT2D eigenvalue weighted by Gasteiger charge is -2.37. The first-order chi connectivity index (χ1) is 14.1. The molecular weight excluding hydrogens is 391 g/mol. The Kier molecular flexibility index (Phi) is 6.10. The van der Waals surface area contributed by atoms with Gasteiger partial charge in [0.15, 0.2) is 6.54 Å². The normalized spacial score (nSPS) is 18.2. The van der Waals surface area contributed by atoms with Crippen LogP contribution < -0.4 is 9.80 Å². The van der Waals surface area contributed by atoms with Gasteiger partial charge in [-0.2, -0.15) is 0 Å². The Morgan fingerprint density at radius 2 is 1.59 bits per heavy atom. The third kappa shape index (κ3) is 4.76. The van der Waals surface area contributed by atoms with Crippen molar-refractivity contribution in [2.75, 3.05) is 63.8 Å². The zero-order valence-electron chi connectivity index (χ0n) is 16.3. The van der Waals surface area contributed by atoms with Crippen molar-refractivity contribution in [1.82, 2.24) is 9.80 Å². The maximum atomic E-state index is 13.1. The highest BCUT2D eigenvalue weighted by Crippen LogP contribution is 2.15. The van der Waals surface area contributed by atoms with E-state index in [1.165, 1.54) is 28.4 Å². The number of hydrogen-bond donors (Lipinski definition) is 1. The smallest absolute Gasteiger partial charge is 0.277 e. The molecule has 0 spiro atoms. The zero-order chi connectivity index (χ0) is 20.2. The number of thiophene rings is 1. The van der Waals surface area contributed by atoms with Crippen molar-refractivity contribution < 1.29 is 18.9 Å². The third-order valence-electron chi connectivity index (χ3n) is 5.72. The highest BCUT2D eigenvalue weighted by atomic mass is 32.1. The lowest BCUT2D eigenvalue weighted by Crippen LogP contribution is -3.16. The van der Waals surface area contributed by atoms with Crippen LogP contribution in [0.25, 0.3) is 0 Å². The Balaban J connectivity index is 1.21. The van der Waals surface area contributed by atoms with E-state index in [1.54, 1.807) is 0 Å². The van der Waals surface area contributed by atoms with Gasteiger partial charge in [0.05, 0.1) is 31.1 Å². The van der Waals surface area contributed by atoms with E-state index in [-0.39, 0.29) is 17.6 Å². The van der Waals surface area contributed by atoms with Crippen molar-refractivity contribution in [3.63, 3.8) is 0 Å². The highest BCUT2D eigenvalue weighted by Gasteiger charge is 2.28. The largest absolute Gasteiger partial charge is 0.360 e. The van der Waals surface area contributed by atoms with Gasteiger partial charge in [-0.25, -0.2) is 4.39 Å². The topological polar surface area (TPSA) is 48.3 Å². The summed E-state index contributed by atoms with van der Waals surface area (Å²) < 4.78 is 13.1. The van der Waals surface area contributed by atoms with E-state index < -0.39 is 0 Å². The molecule has 6 nitrogen and oxygen atoms in total. The number of quaternary nitrogens is 1. The molecule has 1 N–H and O–H groups in total. The van der Waals surface area contributed by atoms with Gasteiger partial charge in [0.2, 0.25) is 0 Å². The Labute approximate surface area is 174 Å². The number of rotatable bonds is 4. The Morgan fingerprint density at radius 1 is 0.931 bits per heavy atom. The van der Waals surface area contributed by atoms with Crippen molar-refractivity contribution in [2.45, 2.75) is 0 Å². The molecule has 2 aliphatic rings. The summed E-state index contributed by atoms with van der Waals surface area (Å²) in [5, 5.41) is 1.91. The average molecular weight is 418 g/mol. The maximum absolute atomic E-state index is 13.1. The Hall–Kier alpha value is -2.45. The minimum atomic E-state index is -0.221. The Morgan fingerprint density at radius 3 is 2.21 bits per heavy atom. The minimum Gasteiger partial charge on any atom is -0.360 e. The molecule has 0 saturated carbocycles. The number of halogens is 1. The van der Waals surface area contributed by atoms with E-state index in [0.29, 0.717) is 32.7 Å². The summed E-state index contributed by atoms with van der Waals surface area (Å²) in [6, 6.07) is 10.3. The van der Waals surface area contributed by atoms with E-state index in [1.807, 2.05) is 39.4 Å². The van der Waals surface area contributed by atoms with Crippen LogP contribution in [0, 0.1) is 5.82 Å². The number of hydrogen-bond acceptors (Lipinski definition) is 4. The quantitative estimate of drug-likeness (QED) is 0.792. The third-order valence-corrected chi connectivity index (χ3v) is 6.57. The first-order valence-electron chi connectivity index (χ1n) is 10.0. The summed E-state index contributed by atoms with van der Waals surface area (Å²) in [5.41, 5.74) is 1.03. The summed E-state index contributed by atoms with van der Waals surface area (Å²) in [6.45, 7) is 6.38. The summed E-state index contributed by atoms with van der Waals surface area (Å²) >= 11 is 1.46. The van der Waals surface area contributed by atoms with Gasteiger partial charge in [-0.3, -0.25) is 9.59 Å². The molecule has 2 saturated heterocycles. The summed E-state index contributed by atoms with van der Waals surface area (Å²) in [4.78, 5) is 33.1. The van der Waals surface area contributed by atoms with Crippen LogP contribution in [0.2, 0.25) is 0 Å². The van der Waals surface area contributed by atoms with Gasteiger partial charge in [0.25, 0.3) is 11.8 Å². The second-order valence-corrected chi connectivity index (χ2v) is 8.49. The van der Waals surface area contributed by atoms with Crippen molar-refractivity contribution in [3.05, 3.63) is 52.5 Å². The molecule has 1 aromatic heterocycles. The fraction of sp³-hybridized carbons (Fsp3) is 0.429. The number of nitrogens with zero attached hydrogens (tertiary/aromatic N) is 3. The lowest BCUT2D eigenvalue weighted by molar-refractivity contribution is -0.892. The van der Waals surface area contributed by atoms with Crippen molar-refractivity contribution in [3.8, 4) is 0 Å². The van der Waals surface area contributed by atoms with Gasteiger partial charge in [-0.05, 0) is 35.7 Å². The number of carbonyl (C=O) groups is 2. The second kappa shape index (κ2) is 8.92. The number of nitrogens with one attached hydrogen (secondary N) is 1. The average Bonchev–Trinajstić information content (AvgIpc) is 3.29. The monoisotopic (exact) mass is 417 g/mol. The van der Waals surface area contributed by atoms with E-state index in [9.17, 15) is 14.0 Å². The Bertz CT molecular complexity index is 827. The summed E-state index contributed by atoms with van der Waals surface area (Å²) in [5.74, 6) is 0.00823. The van der Waals surface area contributed by atoms with Crippen LogP contribution in [0.3, 0.4) is 0 Å². The molecule has 0 unspecified atom stereocenters. The predicted molar refractivity (Wildman–Crippen MR) is 111 cm³/mol. The first kappa shape index (κ1) is 19.8. The number of anilines is 1. The number of carbonyl (C=O) groups excluding carboxylic acids is 2. The minimum absolute atomic E-state index is 0.0645. The van der Waals surface area contributed by atoms with Crippen molar-refractivity contribution >= 4 is 28.8 Å². The van der Waals surface area contributed by atoms with Crippen LogP contribution in [0.4, 0.5) is 10.1 Å². The van der Waals surface area contributed by atoms with Crippen molar-refractivity contribution in [2.24, 2.45) is 0 Å². The van der Waals surface area contributed by atoms with Gasteiger partial charge in [-0.15, -0.1) is 11.3 Å². The van der Waals surface area contributed by atoms with Gasteiger partial charge < -0.3 is 19.6 Å². The molecule has 154 valence electrons. The molecule has 0 bridgehead atoms. The molecule has 2 amide bonds. The molecule has 0 atom stereocenters. The summed E-state index contributed by atoms with van der Waals surface area (Å²) in [7, 11) is 0. The molecule has 0 radical (unpaired) electrons. The van der Waals surface area contributed by atoms with Crippen LogP contribution in [0.1, 0.15) is 9.67 Å². The maximum Gasteiger partial charge on any atom is 0.277 e. The molecule has 0 aliphatic carbocycles. The van der Waals surface area contributed by atoms with E-state index in [4.69, 9.17) is 0 Å². The first-order valence-corrected chi connectivity index (χ1v) is 10.9. The standard InChI is InChI=1S/C21H25FN4O2S/c22-17-3-5-18(6-4-17)24-9-7-23(8-10-24)16-20(27)25-11-13-26(14-12-25)21(28)19-2-1-15-29-19/h1-6,15H,7-14,16H2/p+1. The molecule has 4 rings (SSSR count).